The van der Waals surface area contributed by atoms with E-state index in [1.165, 1.54) is 37.8 Å². The summed E-state index contributed by atoms with van der Waals surface area (Å²) < 4.78 is 0. The van der Waals surface area contributed by atoms with Crippen LogP contribution in [0.4, 0.5) is 0 Å². The number of nitrogens with zero attached hydrogens (tertiary/aromatic N) is 1. The Balaban J connectivity index is 1.70. The monoisotopic (exact) mass is 274 g/mol. The molecule has 112 valence electrons. The number of rotatable bonds is 7. The van der Waals surface area contributed by atoms with E-state index >= 15 is 0 Å². The van der Waals surface area contributed by atoms with Crippen LogP contribution >= 0.6 is 0 Å². The molecule has 0 bridgehead atoms. The largest absolute Gasteiger partial charge is 0.310 e. The smallest absolute Gasteiger partial charge is 0.0326 e. The second-order valence-corrected chi connectivity index (χ2v) is 6.53. The first-order chi connectivity index (χ1) is 9.58. The van der Waals surface area contributed by atoms with Gasteiger partial charge in [-0.2, -0.15) is 0 Å². The summed E-state index contributed by atoms with van der Waals surface area (Å²) in [6.07, 6.45) is 5.07. The highest BCUT2D eigenvalue weighted by atomic mass is 15.1. The van der Waals surface area contributed by atoms with Crippen LogP contribution in [0.1, 0.15) is 55.8 Å². The van der Waals surface area contributed by atoms with Gasteiger partial charge in [0.25, 0.3) is 0 Å². The maximum Gasteiger partial charge on any atom is 0.0326 e. The quantitative estimate of drug-likeness (QED) is 0.763. The number of nitrogens with one attached hydrogen (secondary N) is 1. The van der Waals surface area contributed by atoms with E-state index in [2.05, 4.69) is 56.2 Å². The molecule has 2 heteroatoms. The van der Waals surface area contributed by atoms with Crippen LogP contribution in [-0.2, 0) is 6.42 Å². The third-order valence-corrected chi connectivity index (χ3v) is 4.59. The second kappa shape index (κ2) is 7.24. The van der Waals surface area contributed by atoms with Crippen molar-refractivity contribution >= 4 is 0 Å². The Morgan fingerprint density at radius 3 is 2.85 bits per heavy atom. The number of unbranched alkanes of at least 4 members (excludes halogenated alkanes) is 1. The zero-order chi connectivity index (χ0) is 14.5. The van der Waals surface area contributed by atoms with Crippen LogP contribution in [0.5, 0.6) is 0 Å². The molecule has 0 amide bonds. The summed E-state index contributed by atoms with van der Waals surface area (Å²) in [6, 6.07) is 8.17. The molecule has 0 saturated heterocycles. The molecular weight excluding hydrogens is 244 g/mol. The van der Waals surface area contributed by atoms with Gasteiger partial charge in [0.05, 0.1) is 0 Å². The van der Waals surface area contributed by atoms with Crippen LogP contribution in [0.15, 0.2) is 18.2 Å². The Hall–Kier alpha value is -0.860. The van der Waals surface area contributed by atoms with E-state index in [1.807, 2.05) is 0 Å². The van der Waals surface area contributed by atoms with Crippen molar-refractivity contribution < 1.29 is 0 Å². The molecule has 1 unspecified atom stereocenters. The van der Waals surface area contributed by atoms with Crippen molar-refractivity contribution in [2.45, 2.75) is 58.5 Å². The van der Waals surface area contributed by atoms with Crippen molar-refractivity contribution in [1.29, 1.82) is 0 Å². The van der Waals surface area contributed by atoms with Gasteiger partial charge in [0, 0.05) is 12.1 Å². The maximum atomic E-state index is 3.75. The first kappa shape index (κ1) is 15.5. The van der Waals surface area contributed by atoms with Crippen LogP contribution in [0.3, 0.4) is 0 Å². The van der Waals surface area contributed by atoms with E-state index in [0.717, 1.165) is 6.54 Å². The lowest BCUT2D eigenvalue weighted by molar-refractivity contribution is 0.267. The first-order valence-electron chi connectivity index (χ1n) is 8.11. The predicted octanol–water partition coefficient (Wildman–Crippen LogP) is 3.69. The van der Waals surface area contributed by atoms with Gasteiger partial charge in [-0.05, 0) is 77.7 Å². The molecule has 0 aliphatic heterocycles. The van der Waals surface area contributed by atoms with Crippen LogP contribution in [0.2, 0.25) is 0 Å². The molecule has 1 aliphatic rings. The topological polar surface area (TPSA) is 15.3 Å². The Kier molecular flexibility index (Phi) is 5.62. The van der Waals surface area contributed by atoms with Crippen LogP contribution < -0.4 is 5.32 Å². The Bertz CT molecular complexity index is 425. The zero-order valence-corrected chi connectivity index (χ0v) is 13.6. The SMILES string of the molecule is Cc1ccc2c(c1)C(NCCCCN(C)C(C)C)CC2. The fourth-order valence-electron chi connectivity index (χ4n) is 2.95. The van der Waals surface area contributed by atoms with Gasteiger partial charge in [-0.3, -0.25) is 0 Å². The van der Waals surface area contributed by atoms with Gasteiger partial charge in [-0.15, -0.1) is 0 Å². The van der Waals surface area contributed by atoms with Gasteiger partial charge < -0.3 is 10.2 Å². The summed E-state index contributed by atoms with van der Waals surface area (Å²) in [7, 11) is 2.22. The van der Waals surface area contributed by atoms with E-state index in [1.54, 1.807) is 11.1 Å². The van der Waals surface area contributed by atoms with Gasteiger partial charge in [0.15, 0.2) is 0 Å². The molecule has 0 saturated carbocycles. The molecule has 0 spiro atoms. The van der Waals surface area contributed by atoms with Gasteiger partial charge in [0.2, 0.25) is 0 Å². The van der Waals surface area contributed by atoms with Crippen molar-refractivity contribution in [1.82, 2.24) is 10.2 Å². The van der Waals surface area contributed by atoms with E-state index in [9.17, 15) is 0 Å². The lowest BCUT2D eigenvalue weighted by Crippen LogP contribution is -2.28. The van der Waals surface area contributed by atoms with E-state index < -0.39 is 0 Å². The average molecular weight is 274 g/mol. The van der Waals surface area contributed by atoms with Crippen molar-refractivity contribution in [3.05, 3.63) is 34.9 Å². The minimum Gasteiger partial charge on any atom is -0.310 e. The summed E-state index contributed by atoms with van der Waals surface area (Å²) in [6.45, 7) is 9.06. The Morgan fingerprint density at radius 1 is 1.30 bits per heavy atom. The van der Waals surface area contributed by atoms with E-state index in [-0.39, 0.29) is 0 Å². The Morgan fingerprint density at radius 2 is 2.10 bits per heavy atom. The number of benzene rings is 1. The van der Waals surface area contributed by atoms with Crippen molar-refractivity contribution in [3.63, 3.8) is 0 Å². The van der Waals surface area contributed by atoms with Crippen LogP contribution in [0, 0.1) is 6.92 Å². The molecule has 0 fully saturated rings. The molecule has 0 radical (unpaired) electrons. The third-order valence-electron chi connectivity index (χ3n) is 4.59. The number of aryl methyl sites for hydroxylation is 2. The highest BCUT2D eigenvalue weighted by molar-refractivity contribution is 5.37. The summed E-state index contributed by atoms with van der Waals surface area (Å²) in [5, 5.41) is 3.75. The molecule has 1 N–H and O–H groups in total. The molecule has 1 aromatic carbocycles. The minimum absolute atomic E-state index is 0.590. The molecule has 0 heterocycles. The molecule has 2 rings (SSSR count). The van der Waals surface area contributed by atoms with E-state index in [0.29, 0.717) is 12.1 Å². The molecule has 20 heavy (non-hydrogen) atoms. The minimum atomic E-state index is 0.590. The fraction of sp³-hybridized carbons (Fsp3) is 0.667. The van der Waals surface area contributed by atoms with Crippen molar-refractivity contribution in [3.8, 4) is 0 Å². The molecule has 1 atom stereocenters. The molecule has 1 aromatic rings. The standard InChI is InChI=1S/C18H30N2/c1-14(2)20(4)12-6-5-11-19-18-10-9-16-8-7-15(3)13-17(16)18/h7-8,13-14,18-19H,5-6,9-12H2,1-4H3. The molecule has 2 nitrogen and oxygen atoms in total. The van der Waals surface area contributed by atoms with Crippen LogP contribution in [0.25, 0.3) is 0 Å². The number of hydrogen-bond acceptors (Lipinski definition) is 2. The number of fused-ring (bicyclic) bond motifs is 1. The van der Waals surface area contributed by atoms with Gasteiger partial charge in [-0.25, -0.2) is 0 Å². The number of hydrogen-bond donors (Lipinski definition) is 1. The summed E-state index contributed by atoms with van der Waals surface area (Å²) >= 11 is 0. The zero-order valence-electron chi connectivity index (χ0n) is 13.6. The molecule has 0 aromatic heterocycles. The molecular formula is C18H30N2. The average Bonchev–Trinajstić information content (AvgIpc) is 2.80. The third kappa shape index (κ3) is 4.07. The predicted molar refractivity (Wildman–Crippen MR) is 87.2 cm³/mol. The summed E-state index contributed by atoms with van der Waals surface area (Å²) in [5.41, 5.74) is 4.48. The van der Waals surface area contributed by atoms with E-state index in [4.69, 9.17) is 0 Å². The fourth-order valence-corrected chi connectivity index (χ4v) is 2.95. The second-order valence-electron chi connectivity index (χ2n) is 6.53. The maximum absolute atomic E-state index is 3.75. The molecule has 1 aliphatic carbocycles. The Labute approximate surface area is 124 Å². The van der Waals surface area contributed by atoms with Gasteiger partial charge in [-0.1, -0.05) is 23.8 Å². The lowest BCUT2D eigenvalue weighted by atomic mass is 10.0. The highest BCUT2D eigenvalue weighted by Crippen LogP contribution is 2.31. The highest BCUT2D eigenvalue weighted by Gasteiger charge is 2.21. The normalized spacial score (nSPS) is 18.0. The first-order valence-corrected chi connectivity index (χ1v) is 8.11. The summed E-state index contributed by atoms with van der Waals surface area (Å²) in [4.78, 5) is 2.42. The van der Waals surface area contributed by atoms with Crippen LogP contribution in [-0.4, -0.2) is 31.1 Å². The summed E-state index contributed by atoms with van der Waals surface area (Å²) in [5.74, 6) is 0. The van der Waals surface area contributed by atoms with Gasteiger partial charge >= 0.3 is 0 Å². The lowest BCUT2D eigenvalue weighted by Gasteiger charge is -2.21. The van der Waals surface area contributed by atoms with Crippen molar-refractivity contribution in [2.75, 3.05) is 20.1 Å². The van der Waals surface area contributed by atoms with Crippen molar-refractivity contribution in [2.24, 2.45) is 0 Å². The van der Waals surface area contributed by atoms with Gasteiger partial charge in [0.1, 0.15) is 0 Å².